The number of halogens is 1. The molecule has 0 aliphatic rings. The van der Waals surface area contributed by atoms with Crippen LogP contribution < -0.4 is 5.73 Å². The summed E-state index contributed by atoms with van der Waals surface area (Å²) in [6.45, 7) is 4.07. The van der Waals surface area contributed by atoms with Crippen molar-refractivity contribution in [2.45, 2.75) is 0 Å². The average Bonchev–Trinajstić information content (AvgIpc) is 2.30. The molecule has 0 spiro atoms. The van der Waals surface area contributed by atoms with E-state index in [0.717, 1.165) is 21.2 Å². The van der Waals surface area contributed by atoms with Crippen molar-refractivity contribution in [3.63, 3.8) is 0 Å². The van der Waals surface area contributed by atoms with Gasteiger partial charge in [0.05, 0.1) is 0 Å². The summed E-state index contributed by atoms with van der Waals surface area (Å²) >= 11 is 3.46. The van der Waals surface area contributed by atoms with Gasteiger partial charge in [0.25, 0.3) is 0 Å². The van der Waals surface area contributed by atoms with E-state index in [0.29, 0.717) is 5.82 Å². The minimum atomic E-state index is 0.489. The third-order valence-electron chi connectivity index (χ3n) is 2.35. The molecule has 0 fully saturated rings. The number of hydrogen-bond acceptors (Lipinski definition) is 2. The lowest BCUT2D eigenvalue weighted by molar-refractivity contribution is 1.30. The Morgan fingerprint density at radius 2 is 1.88 bits per heavy atom. The summed E-state index contributed by atoms with van der Waals surface area (Å²) in [7, 11) is 0. The SMILES string of the molecule is C=C(c1ccccc1)c1c(Br)ccnc1N. The highest BCUT2D eigenvalue weighted by Crippen LogP contribution is 2.31. The second kappa shape index (κ2) is 4.49. The molecule has 0 amide bonds. The molecule has 2 N–H and O–H groups in total. The first-order chi connectivity index (χ1) is 7.70. The zero-order valence-electron chi connectivity index (χ0n) is 8.65. The smallest absolute Gasteiger partial charge is 0.132 e. The van der Waals surface area contributed by atoms with E-state index < -0.39 is 0 Å². The summed E-state index contributed by atoms with van der Waals surface area (Å²) in [5.74, 6) is 0.489. The Morgan fingerprint density at radius 1 is 1.19 bits per heavy atom. The van der Waals surface area contributed by atoms with Crippen LogP contribution in [0.5, 0.6) is 0 Å². The van der Waals surface area contributed by atoms with E-state index in [2.05, 4.69) is 27.5 Å². The summed E-state index contributed by atoms with van der Waals surface area (Å²) in [6.07, 6.45) is 1.67. The minimum absolute atomic E-state index is 0.489. The van der Waals surface area contributed by atoms with Crippen molar-refractivity contribution in [3.8, 4) is 0 Å². The number of anilines is 1. The molecule has 0 aliphatic heterocycles. The number of aromatic nitrogens is 1. The molecule has 1 heterocycles. The lowest BCUT2D eigenvalue weighted by Crippen LogP contribution is -1.98. The van der Waals surface area contributed by atoms with Gasteiger partial charge in [-0.3, -0.25) is 0 Å². The van der Waals surface area contributed by atoms with Gasteiger partial charge < -0.3 is 5.73 Å². The fourth-order valence-corrected chi connectivity index (χ4v) is 2.10. The zero-order chi connectivity index (χ0) is 11.5. The number of pyridine rings is 1. The summed E-state index contributed by atoms with van der Waals surface area (Å²) in [4.78, 5) is 4.07. The molecule has 2 aromatic rings. The van der Waals surface area contributed by atoms with Crippen LogP contribution in [0.3, 0.4) is 0 Å². The van der Waals surface area contributed by atoms with Crippen LogP contribution >= 0.6 is 15.9 Å². The molecule has 3 heteroatoms. The molecular weight excluding hydrogens is 264 g/mol. The number of nitrogens with two attached hydrogens (primary N) is 1. The Bertz CT molecular complexity index is 500. The Kier molecular flexibility index (Phi) is 3.06. The lowest BCUT2D eigenvalue weighted by Gasteiger charge is -2.10. The van der Waals surface area contributed by atoms with Crippen LogP contribution in [0.2, 0.25) is 0 Å². The normalized spacial score (nSPS) is 10.1. The molecular formula is C13H11BrN2. The first-order valence-corrected chi connectivity index (χ1v) is 5.64. The standard InChI is InChI=1S/C13H11BrN2/c1-9(10-5-3-2-4-6-10)12-11(14)7-8-16-13(12)15/h2-8H,1H2,(H2,15,16). The van der Waals surface area contributed by atoms with Crippen LogP contribution in [0, 0.1) is 0 Å². The van der Waals surface area contributed by atoms with Crippen LogP contribution in [0.1, 0.15) is 11.1 Å². The zero-order valence-corrected chi connectivity index (χ0v) is 10.2. The van der Waals surface area contributed by atoms with E-state index >= 15 is 0 Å². The van der Waals surface area contributed by atoms with Gasteiger partial charge in [0.2, 0.25) is 0 Å². The van der Waals surface area contributed by atoms with Crippen LogP contribution in [0.25, 0.3) is 5.57 Å². The van der Waals surface area contributed by atoms with Crippen molar-refractivity contribution in [2.75, 3.05) is 5.73 Å². The number of benzene rings is 1. The molecule has 80 valence electrons. The average molecular weight is 275 g/mol. The van der Waals surface area contributed by atoms with Gasteiger partial charge in [-0.1, -0.05) is 36.9 Å². The van der Waals surface area contributed by atoms with Crippen LogP contribution in [0.4, 0.5) is 5.82 Å². The molecule has 0 aliphatic carbocycles. The first-order valence-electron chi connectivity index (χ1n) is 4.85. The molecule has 0 saturated heterocycles. The highest BCUT2D eigenvalue weighted by Gasteiger charge is 2.10. The van der Waals surface area contributed by atoms with E-state index in [9.17, 15) is 0 Å². The molecule has 0 bridgehead atoms. The van der Waals surface area contributed by atoms with Gasteiger partial charge in [0.15, 0.2) is 0 Å². The number of nitrogens with zero attached hydrogens (tertiary/aromatic N) is 1. The molecule has 0 unspecified atom stereocenters. The Labute approximate surface area is 103 Å². The fraction of sp³-hybridized carbons (Fsp3) is 0. The van der Waals surface area contributed by atoms with Crippen LogP contribution in [-0.4, -0.2) is 4.98 Å². The molecule has 1 aromatic heterocycles. The lowest BCUT2D eigenvalue weighted by atomic mass is 10.0. The summed E-state index contributed by atoms with van der Waals surface area (Å²) in [6, 6.07) is 11.8. The van der Waals surface area contributed by atoms with Crippen molar-refractivity contribution in [1.29, 1.82) is 0 Å². The monoisotopic (exact) mass is 274 g/mol. The molecule has 0 saturated carbocycles. The Morgan fingerprint density at radius 3 is 2.50 bits per heavy atom. The molecule has 2 rings (SSSR count). The van der Waals surface area contributed by atoms with Crippen molar-refractivity contribution < 1.29 is 0 Å². The Hall–Kier alpha value is -1.61. The maximum absolute atomic E-state index is 5.86. The van der Waals surface area contributed by atoms with Crippen molar-refractivity contribution >= 4 is 27.3 Å². The van der Waals surface area contributed by atoms with E-state index in [1.807, 2.05) is 36.4 Å². The van der Waals surface area contributed by atoms with Gasteiger partial charge >= 0.3 is 0 Å². The van der Waals surface area contributed by atoms with E-state index in [4.69, 9.17) is 5.73 Å². The molecule has 1 aromatic carbocycles. The van der Waals surface area contributed by atoms with Gasteiger partial charge in [-0.15, -0.1) is 0 Å². The second-order valence-electron chi connectivity index (χ2n) is 3.40. The molecule has 2 nitrogen and oxygen atoms in total. The maximum atomic E-state index is 5.86. The van der Waals surface area contributed by atoms with Gasteiger partial charge in [-0.2, -0.15) is 0 Å². The summed E-state index contributed by atoms with van der Waals surface area (Å²) < 4.78 is 0.911. The molecule has 16 heavy (non-hydrogen) atoms. The number of rotatable bonds is 2. The summed E-state index contributed by atoms with van der Waals surface area (Å²) in [5.41, 5.74) is 8.63. The van der Waals surface area contributed by atoms with Gasteiger partial charge in [-0.05, 0) is 33.1 Å². The van der Waals surface area contributed by atoms with E-state index in [1.165, 1.54) is 0 Å². The van der Waals surface area contributed by atoms with Gasteiger partial charge in [-0.25, -0.2) is 4.98 Å². The van der Waals surface area contributed by atoms with E-state index in [-0.39, 0.29) is 0 Å². The number of hydrogen-bond donors (Lipinski definition) is 1. The van der Waals surface area contributed by atoms with Crippen molar-refractivity contribution in [2.24, 2.45) is 0 Å². The largest absolute Gasteiger partial charge is 0.383 e. The van der Waals surface area contributed by atoms with Gasteiger partial charge in [0, 0.05) is 16.2 Å². The van der Waals surface area contributed by atoms with Crippen LogP contribution in [-0.2, 0) is 0 Å². The predicted octanol–water partition coefficient (Wildman–Crippen LogP) is 3.49. The highest BCUT2D eigenvalue weighted by molar-refractivity contribution is 9.10. The topological polar surface area (TPSA) is 38.9 Å². The van der Waals surface area contributed by atoms with Crippen molar-refractivity contribution in [3.05, 3.63) is 64.8 Å². The predicted molar refractivity (Wildman–Crippen MR) is 70.9 cm³/mol. The summed E-state index contributed by atoms with van der Waals surface area (Å²) in [5, 5.41) is 0. The maximum Gasteiger partial charge on any atom is 0.132 e. The van der Waals surface area contributed by atoms with E-state index in [1.54, 1.807) is 6.20 Å². The van der Waals surface area contributed by atoms with Gasteiger partial charge in [0.1, 0.15) is 5.82 Å². The Balaban J connectivity index is 2.50. The minimum Gasteiger partial charge on any atom is -0.383 e. The molecule has 0 atom stereocenters. The fourth-order valence-electron chi connectivity index (χ4n) is 1.54. The third kappa shape index (κ3) is 1.99. The first kappa shape index (κ1) is 10.9. The quantitative estimate of drug-likeness (QED) is 0.911. The third-order valence-corrected chi connectivity index (χ3v) is 3.01. The molecule has 0 radical (unpaired) electrons. The highest BCUT2D eigenvalue weighted by atomic mass is 79.9. The van der Waals surface area contributed by atoms with Crippen molar-refractivity contribution in [1.82, 2.24) is 4.98 Å². The second-order valence-corrected chi connectivity index (χ2v) is 4.25. The van der Waals surface area contributed by atoms with Crippen LogP contribution in [0.15, 0.2) is 53.6 Å². The number of nitrogen functional groups attached to an aromatic ring is 1.